The van der Waals surface area contributed by atoms with E-state index in [9.17, 15) is 76.6 Å². The van der Waals surface area contributed by atoms with Gasteiger partial charge in [0.25, 0.3) is 17.7 Å². The summed E-state index contributed by atoms with van der Waals surface area (Å²) in [6, 6.07) is 22.6. The van der Waals surface area contributed by atoms with Crippen LogP contribution in [0, 0.1) is 12.7 Å². The molecular weight excluding hydrogens is 1370 g/mol. The maximum Gasteiger partial charge on any atom is 0.573 e. The number of benzene rings is 3. The minimum Gasteiger partial charge on any atom is -0.490 e. The zero-order valence-corrected chi connectivity index (χ0v) is 58.3. The molecule has 6 aromatic rings. The van der Waals surface area contributed by atoms with Gasteiger partial charge >= 0.3 is 24.9 Å². The van der Waals surface area contributed by atoms with Crippen molar-refractivity contribution in [2.45, 2.75) is 159 Å². The number of alkyl halides is 12. The topological polar surface area (TPSA) is 151 Å². The molecule has 30 heteroatoms. The van der Waals surface area contributed by atoms with Gasteiger partial charge in [0.05, 0.1) is 46.0 Å². The summed E-state index contributed by atoms with van der Waals surface area (Å²) in [7, 11) is 3.50. The first-order chi connectivity index (χ1) is 47.6. The van der Waals surface area contributed by atoms with E-state index >= 15 is 0 Å². The SMILES string of the molecule is CC(C)Oc1ccc(C(=O)N2CCC3(CC2)NCC(C)(C)n2c(C(F)(F)F)ccc23)cc1F.COCCN1CCn2c(C(F)(F)F)ccc2C12CCN(C(=O)c1ccccc1OC(F)(F)F)CC2.Cc1cc(C(=O)N2CCC3(CC2)c2ccc(C(F)(F)F)n2CCN3C)ccc1OCC(C)(C)O.[HH]. The van der Waals surface area contributed by atoms with Gasteiger partial charge in [0.1, 0.15) is 35.2 Å². The fraction of sp³-hybridized carbons (Fsp3) is 0.542. The second-order valence-corrected chi connectivity index (χ2v) is 28.5. The van der Waals surface area contributed by atoms with Crippen LogP contribution in [0.5, 0.6) is 17.2 Å². The van der Waals surface area contributed by atoms with Crippen molar-refractivity contribution in [2.24, 2.45) is 0 Å². The van der Waals surface area contributed by atoms with E-state index in [0.29, 0.717) is 132 Å². The Balaban J connectivity index is 0.000000179. The maximum atomic E-state index is 14.4. The Morgan fingerprint density at radius 2 is 1.08 bits per heavy atom. The third kappa shape index (κ3) is 16.1. The van der Waals surface area contributed by atoms with Crippen LogP contribution in [0.3, 0.4) is 0 Å². The number of aromatic nitrogens is 3. The van der Waals surface area contributed by atoms with Crippen molar-refractivity contribution in [1.82, 2.24) is 43.5 Å². The van der Waals surface area contributed by atoms with Gasteiger partial charge in [-0.2, -0.15) is 39.5 Å². The second kappa shape index (κ2) is 29.0. The Morgan fingerprint density at radius 3 is 1.60 bits per heavy atom. The summed E-state index contributed by atoms with van der Waals surface area (Å²) in [5, 5.41) is 13.3. The number of methoxy groups -OCH3 is 1. The maximum absolute atomic E-state index is 14.4. The van der Waals surface area contributed by atoms with Gasteiger partial charge in [-0.15, -0.1) is 13.2 Å². The average molecular weight is 1450 g/mol. The van der Waals surface area contributed by atoms with Crippen LogP contribution in [-0.4, -0.2) is 172 Å². The molecule has 3 saturated heterocycles. The summed E-state index contributed by atoms with van der Waals surface area (Å²) < 4.78 is 199. The molecule has 0 unspecified atom stereocenters. The van der Waals surface area contributed by atoms with Crippen LogP contribution in [-0.2, 0) is 58.5 Å². The number of fused-ring (bicyclic) bond motifs is 6. The fourth-order valence-corrected chi connectivity index (χ4v) is 15.2. The van der Waals surface area contributed by atoms with E-state index in [2.05, 4.69) is 19.9 Å². The number of piperidine rings is 3. The number of aryl methyl sites for hydroxylation is 1. The van der Waals surface area contributed by atoms with Gasteiger partial charge in [-0.3, -0.25) is 24.2 Å². The number of hydrogen-bond acceptors (Lipinski definition) is 11. The lowest BCUT2D eigenvalue weighted by atomic mass is 9.80. The summed E-state index contributed by atoms with van der Waals surface area (Å²) in [5.74, 6) is -1.51. The van der Waals surface area contributed by atoms with E-state index in [4.69, 9.17) is 14.2 Å². The number of hydrogen-bond donors (Lipinski definition) is 2. The quantitative estimate of drug-likeness (QED) is 0.113. The number of halogens is 13. The molecule has 6 aliphatic rings. The summed E-state index contributed by atoms with van der Waals surface area (Å²) in [6.07, 6.45) is -15.7. The number of likely N-dealkylation sites (tertiary alicyclic amines) is 3. The second-order valence-electron chi connectivity index (χ2n) is 28.5. The molecule has 560 valence electrons. The minimum absolute atomic E-state index is 0. The van der Waals surface area contributed by atoms with Crippen LogP contribution in [0.2, 0.25) is 0 Å². The van der Waals surface area contributed by atoms with Crippen molar-refractivity contribution in [2.75, 3.05) is 92.8 Å². The van der Waals surface area contributed by atoms with Gasteiger partial charge in [0, 0.05) is 115 Å². The number of carbonyl (C=O) groups is 3. The highest BCUT2D eigenvalue weighted by atomic mass is 19.4. The Labute approximate surface area is 584 Å². The number of nitrogens with zero attached hydrogens (tertiary/aromatic N) is 8. The lowest BCUT2D eigenvalue weighted by Gasteiger charge is -2.52. The summed E-state index contributed by atoms with van der Waals surface area (Å²) in [6.45, 7) is 17.1. The number of ether oxygens (including phenoxy) is 4. The Morgan fingerprint density at radius 1 is 0.588 bits per heavy atom. The van der Waals surface area contributed by atoms with Crippen LogP contribution in [0.15, 0.2) is 97.1 Å². The van der Waals surface area contributed by atoms with Gasteiger partial charge in [0.2, 0.25) is 0 Å². The molecule has 0 bridgehead atoms. The zero-order chi connectivity index (χ0) is 74.5. The first-order valence-corrected chi connectivity index (χ1v) is 33.8. The molecule has 0 radical (unpaired) electrons. The Kier molecular flexibility index (Phi) is 21.9. The van der Waals surface area contributed by atoms with E-state index in [1.807, 2.05) is 14.0 Å². The first-order valence-electron chi connectivity index (χ1n) is 33.8. The minimum atomic E-state index is -4.95. The average Bonchev–Trinajstić information content (AvgIpc) is 1.64. The van der Waals surface area contributed by atoms with Crippen LogP contribution in [0.4, 0.5) is 57.1 Å². The number of aliphatic hydroxyl groups is 1. The standard InChI is InChI=1S/C25H32F3N3O3.C24H29F4N3O2.C23H25F6N3O3.H2/c1-17-15-18(5-6-19(17)34-16-23(2,3)33)22(32)30-11-9-24(10-12-30)20-7-8-21(25(26,27)28)31(20)14-13-29(24)4;1-15(2)33-18-6-5-16(13-17(18)25)21(32)30-11-9-23(10-12-30)19-7-8-20(24(26,27)28)31(19)22(3,4)14-29-23;1-34-15-14-31-12-13-32-18(6-7-19(32)22(24,25)26)21(31)8-10-30(11-9-21)20(33)16-4-2-3-5-17(16)35-23(27,28)29;/h5-8,15,33H,9-14,16H2,1-4H3;5-8,13,15,29H,9-12,14H2,1-4H3;2-7H,8-15H2,1H3;1H. The molecule has 3 spiro atoms. The Hall–Kier alpha value is -7.80. The van der Waals surface area contributed by atoms with Crippen molar-refractivity contribution >= 4 is 17.7 Å². The molecular formula is C72H88F13N9O8. The van der Waals surface area contributed by atoms with Crippen LogP contribution in [0.1, 0.15) is 152 Å². The third-order valence-electron chi connectivity index (χ3n) is 20.3. The molecule has 6 aliphatic heterocycles. The number of likely N-dealkylation sites (N-methyl/N-ethyl adjacent to an activating group) is 1. The molecule has 102 heavy (non-hydrogen) atoms. The molecule has 0 saturated carbocycles. The number of rotatable bonds is 12. The van der Waals surface area contributed by atoms with Crippen molar-refractivity contribution in [3.63, 3.8) is 0 Å². The van der Waals surface area contributed by atoms with Crippen LogP contribution >= 0.6 is 0 Å². The number of amides is 3. The number of carbonyl (C=O) groups excluding carboxylic acids is 3. The predicted molar refractivity (Wildman–Crippen MR) is 353 cm³/mol. The van der Waals surface area contributed by atoms with Gasteiger partial charge in [-0.25, -0.2) is 4.39 Å². The third-order valence-corrected chi connectivity index (χ3v) is 20.3. The molecule has 0 atom stereocenters. The van der Waals surface area contributed by atoms with Gasteiger partial charge < -0.3 is 57.8 Å². The van der Waals surface area contributed by atoms with Crippen molar-refractivity contribution in [3.05, 3.63) is 159 Å². The van der Waals surface area contributed by atoms with Crippen molar-refractivity contribution in [3.8, 4) is 17.2 Å². The smallest absolute Gasteiger partial charge is 0.490 e. The van der Waals surface area contributed by atoms with Crippen molar-refractivity contribution in [1.29, 1.82) is 0 Å². The fourth-order valence-electron chi connectivity index (χ4n) is 15.2. The van der Waals surface area contributed by atoms with E-state index in [1.54, 1.807) is 88.8 Å². The molecule has 3 amide bonds. The molecule has 3 aromatic carbocycles. The molecule has 12 rings (SSSR count). The highest BCUT2D eigenvalue weighted by Crippen LogP contribution is 2.49. The molecule has 3 aromatic heterocycles. The highest BCUT2D eigenvalue weighted by Gasteiger charge is 2.52. The largest absolute Gasteiger partial charge is 0.573 e. The lowest BCUT2D eigenvalue weighted by molar-refractivity contribution is -0.274. The van der Waals surface area contributed by atoms with Crippen LogP contribution in [0.25, 0.3) is 0 Å². The van der Waals surface area contributed by atoms with Crippen LogP contribution < -0.4 is 19.5 Å². The molecule has 0 aliphatic carbocycles. The predicted octanol–water partition coefficient (Wildman–Crippen LogP) is 13.7. The number of nitrogens with one attached hydrogen (secondary N) is 1. The normalized spacial score (nSPS) is 19.0. The molecule has 2 N–H and O–H groups in total. The summed E-state index contributed by atoms with van der Waals surface area (Å²) in [4.78, 5) is 48.3. The number of para-hydroxylation sites is 1. The van der Waals surface area contributed by atoms with E-state index in [-0.39, 0.29) is 62.5 Å². The summed E-state index contributed by atoms with van der Waals surface area (Å²) >= 11 is 0. The molecule has 3 fully saturated rings. The Bertz CT molecular complexity index is 3980. The highest BCUT2D eigenvalue weighted by molar-refractivity contribution is 5.97. The lowest BCUT2D eigenvalue weighted by Crippen LogP contribution is -2.61. The van der Waals surface area contributed by atoms with Gasteiger partial charge in [-0.05, 0) is 185 Å². The first kappa shape index (κ1) is 76.8. The summed E-state index contributed by atoms with van der Waals surface area (Å²) in [5.41, 5.74) is -2.41. The monoisotopic (exact) mass is 1450 g/mol. The van der Waals surface area contributed by atoms with Gasteiger partial charge in [-0.1, -0.05) is 12.1 Å². The van der Waals surface area contributed by atoms with E-state index < -0.39 is 87.2 Å². The van der Waals surface area contributed by atoms with Gasteiger partial charge in [0.15, 0.2) is 11.6 Å². The molecule has 9 heterocycles. The molecule has 17 nitrogen and oxygen atoms in total. The van der Waals surface area contributed by atoms with Crippen molar-refractivity contribution < 1.29 is 96.9 Å². The van der Waals surface area contributed by atoms with E-state index in [1.165, 1.54) is 67.1 Å². The van der Waals surface area contributed by atoms with E-state index in [0.717, 1.165) is 23.8 Å². The zero-order valence-electron chi connectivity index (χ0n) is 58.3.